The smallest absolute Gasteiger partial charge is 0.258 e. The van der Waals surface area contributed by atoms with Crippen molar-refractivity contribution in [3.05, 3.63) is 74.4 Å². The summed E-state index contributed by atoms with van der Waals surface area (Å²) in [5.41, 5.74) is 9.07. The molecule has 5 aromatic rings. The van der Waals surface area contributed by atoms with Gasteiger partial charge in [-0.05, 0) is 30.7 Å². The largest absolute Gasteiger partial charge is 0.382 e. The Morgan fingerprint density at radius 2 is 1.79 bits per heavy atom. The minimum absolute atomic E-state index is 0.286. The first-order valence-electron chi connectivity index (χ1n) is 9.92. The van der Waals surface area contributed by atoms with Crippen LogP contribution in [0.25, 0.3) is 21.0 Å². The van der Waals surface area contributed by atoms with Crippen molar-refractivity contribution in [1.82, 2.24) is 15.0 Å². The number of hydrogen-bond acceptors (Lipinski definition) is 7. The maximum Gasteiger partial charge on any atom is 0.258 e. The number of fused-ring (bicyclic) bond motifs is 2. The molecule has 0 bridgehead atoms. The van der Waals surface area contributed by atoms with E-state index in [-0.39, 0.29) is 10.9 Å². The Labute approximate surface area is 212 Å². The molecule has 34 heavy (non-hydrogen) atoms. The standard InChI is InChI=1S/C23H15Cl3N6OS/c1-10-2-3-13-12(4-5-28-22(13)31-11-6-15(24)17(26)16(25)7-11)18(10)32-23(33)14-8-34-20-19(14)29-9-30-21(20)27/h2-9H,1H3,(H,28,31)(H,32,33)(H2,27,29,30). The second-order valence-electron chi connectivity index (χ2n) is 7.43. The maximum absolute atomic E-state index is 13.2. The van der Waals surface area contributed by atoms with Gasteiger partial charge in [0.05, 0.1) is 36.5 Å². The highest BCUT2D eigenvalue weighted by Gasteiger charge is 2.18. The summed E-state index contributed by atoms with van der Waals surface area (Å²) in [5.74, 6) is 0.631. The molecule has 5 rings (SSSR count). The van der Waals surface area contributed by atoms with Gasteiger partial charge < -0.3 is 16.4 Å². The number of thiophene rings is 1. The van der Waals surface area contributed by atoms with Crippen LogP contribution in [-0.2, 0) is 0 Å². The quantitative estimate of drug-likeness (QED) is 0.215. The number of halogens is 3. The Bertz CT molecular complexity index is 1580. The van der Waals surface area contributed by atoms with Gasteiger partial charge in [0.2, 0.25) is 0 Å². The van der Waals surface area contributed by atoms with Crippen molar-refractivity contribution < 1.29 is 4.79 Å². The summed E-state index contributed by atoms with van der Waals surface area (Å²) >= 11 is 19.7. The van der Waals surface area contributed by atoms with Crippen LogP contribution in [0.15, 0.2) is 48.2 Å². The highest BCUT2D eigenvalue weighted by molar-refractivity contribution is 7.18. The number of rotatable bonds is 4. The fraction of sp³-hybridized carbons (Fsp3) is 0.0435. The van der Waals surface area contributed by atoms with E-state index in [0.29, 0.717) is 48.8 Å². The molecule has 170 valence electrons. The molecule has 0 fully saturated rings. The van der Waals surface area contributed by atoms with Gasteiger partial charge in [0.25, 0.3) is 5.91 Å². The van der Waals surface area contributed by atoms with E-state index in [4.69, 9.17) is 40.5 Å². The van der Waals surface area contributed by atoms with Crippen molar-refractivity contribution in [1.29, 1.82) is 0 Å². The van der Waals surface area contributed by atoms with Crippen molar-refractivity contribution >= 4 is 96.0 Å². The van der Waals surface area contributed by atoms with E-state index in [0.717, 1.165) is 16.3 Å². The van der Waals surface area contributed by atoms with E-state index in [1.807, 2.05) is 25.1 Å². The number of pyridine rings is 1. The second kappa shape index (κ2) is 8.88. The van der Waals surface area contributed by atoms with Crippen molar-refractivity contribution in [2.24, 2.45) is 0 Å². The van der Waals surface area contributed by atoms with Gasteiger partial charge in [-0.15, -0.1) is 11.3 Å². The van der Waals surface area contributed by atoms with Gasteiger partial charge >= 0.3 is 0 Å². The van der Waals surface area contributed by atoms with E-state index >= 15 is 0 Å². The zero-order valence-corrected chi connectivity index (χ0v) is 20.6. The van der Waals surface area contributed by atoms with Crippen LogP contribution in [0, 0.1) is 6.92 Å². The van der Waals surface area contributed by atoms with Crippen molar-refractivity contribution in [2.45, 2.75) is 6.92 Å². The van der Waals surface area contributed by atoms with E-state index in [1.165, 1.54) is 17.7 Å². The third kappa shape index (κ3) is 3.99. The summed E-state index contributed by atoms with van der Waals surface area (Å²) in [6.45, 7) is 1.92. The first kappa shape index (κ1) is 22.6. The molecule has 7 nitrogen and oxygen atoms in total. The number of benzene rings is 2. The number of anilines is 4. The summed E-state index contributed by atoms with van der Waals surface area (Å²) < 4.78 is 0.679. The maximum atomic E-state index is 13.2. The van der Waals surface area contributed by atoms with Gasteiger partial charge in [-0.25, -0.2) is 15.0 Å². The van der Waals surface area contributed by atoms with E-state index in [1.54, 1.807) is 23.7 Å². The molecule has 0 unspecified atom stereocenters. The summed E-state index contributed by atoms with van der Waals surface area (Å²) in [6, 6.07) is 9.03. The average Bonchev–Trinajstić information content (AvgIpc) is 3.25. The number of hydrogen-bond donors (Lipinski definition) is 3. The molecule has 0 aliphatic rings. The number of nitrogens with two attached hydrogens (primary N) is 1. The minimum Gasteiger partial charge on any atom is -0.382 e. The minimum atomic E-state index is -0.289. The van der Waals surface area contributed by atoms with Crippen LogP contribution in [0.5, 0.6) is 0 Å². The predicted molar refractivity (Wildman–Crippen MR) is 141 cm³/mol. The van der Waals surface area contributed by atoms with Crippen molar-refractivity contribution in [2.75, 3.05) is 16.4 Å². The van der Waals surface area contributed by atoms with Gasteiger partial charge in [-0.2, -0.15) is 0 Å². The summed E-state index contributed by atoms with van der Waals surface area (Å²) in [6.07, 6.45) is 3.01. The zero-order chi connectivity index (χ0) is 24.0. The van der Waals surface area contributed by atoms with Crippen molar-refractivity contribution in [3.63, 3.8) is 0 Å². The third-order valence-corrected chi connectivity index (χ3v) is 7.45. The van der Waals surface area contributed by atoms with Gasteiger partial charge in [-0.1, -0.05) is 46.9 Å². The highest BCUT2D eigenvalue weighted by atomic mass is 35.5. The third-order valence-electron chi connectivity index (χ3n) is 5.26. The van der Waals surface area contributed by atoms with Gasteiger partial charge in [0, 0.05) is 28.0 Å². The molecule has 0 radical (unpaired) electrons. The molecule has 3 heterocycles. The van der Waals surface area contributed by atoms with E-state index in [9.17, 15) is 4.79 Å². The molecule has 3 aromatic heterocycles. The Morgan fingerprint density at radius 1 is 1.03 bits per heavy atom. The molecular weight excluding hydrogens is 515 g/mol. The van der Waals surface area contributed by atoms with Crippen LogP contribution in [0.2, 0.25) is 15.1 Å². The van der Waals surface area contributed by atoms with E-state index in [2.05, 4.69) is 25.6 Å². The molecule has 0 spiro atoms. The van der Waals surface area contributed by atoms with Crippen LogP contribution < -0.4 is 16.4 Å². The Hall–Kier alpha value is -3.17. The monoisotopic (exact) mass is 528 g/mol. The van der Waals surface area contributed by atoms with Crippen molar-refractivity contribution in [3.8, 4) is 0 Å². The molecule has 1 amide bonds. The lowest BCUT2D eigenvalue weighted by Gasteiger charge is -2.15. The molecule has 0 saturated carbocycles. The number of nitrogens with zero attached hydrogens (tertiary/aromatic N) is 3. The topological polar surface area (TPSA) is 106 Å². The number of nitrogen functional groups attached to an aromatic ring is 1. The predicted octanol–water partition coefficient (Wildman–Crippen LogP) is 7.09. The lowest BCUT2D eigenvalue weighted by atomic mass is 10.0. The van der Waals surface area contributed by atoms with Gasteiger partial charge in [-0.3, -0.25) is 4.79 Å². The number of aromatic nitrogens is 3. The first-order valence-corrected chi connectivity index (χ1v) is 11.9. The first-order chi connectivity index (χ1) is 16.3. The zero-order valence-electron chi connectivity index (χ0n) is 17.5. The van der Waals surface area contributed by atoms with E-state index < -0.39 is 0 Å². The SMILES string of the molecule is Cc1ccc2c(Nc3cc(Cl)c(Cl)c(Cl)c3)nccc2c1NC(=O)c1csc2c(N)ncnc12. The Balaban J connectivity index is 1.54. The Morgan fingerprint density at radius 3 is 2.56 bits per heavy atom. The number of carbonyl (C=O) groups is 1. The van der Waals surface area contributed by atoms with Crippen LogP contribution in [0.1, 0.15) is 15.9 Å². The molecule has 2 aromatic carbocycles. The lowest BCUT2D eigenvalue weighted by molar-refractivity contribution is 0.102. The molecule has 0 saturated heterocycles. The fourth-order valence-corrected chi connectivity index (χ4v) is 5.10. The number of amides is 1. The second-order valence-corrected chi connectivity index (χ2v) is 9.50. The van der Waals surface area contributed by atoms with Crippen LogP contribution in [0.4, 0.5) is 23.0 Å². The lowest BCUT2D eigenvalue weighted by Crippen LogP contribution is -2.13. The number of carbonyl (C=O) groups excluding carboxylic acids is 1. The van der Waals surface area contributed by atoms with Gasteiger partial charge in [0.1, 0.15) is 18.0 Å². The van der Waals surface area contributed by atoms with Crippen LogP contribution >= 0.6 is 46.1 Å². The molecule has 4 N–H and O–H groups in total. The molecule has 0 aliphatic carbocycles. The van der Waals surface area contributed by atoms with Crippen LogP contribution in [0.3, 0.4) is 0 Å². The summed E-state index contributed by atoms with van der Waals surface area (Å²) in [7, 11) is 0. The Kier molecular flexibility index (Phi) is 5.91. The molecule has 0 atom stereocenters. The fourth-order valence-electron chi connectivity index (χ4n) is 3.60. The van der Waals surface area contributed by atoms with Crippen LogP contribution in [-0.4, -0.2) is 20.9 Å². The molecule has 0 aliphatic heterocycles. The van der Waals surface area contributed by atoms with Gasteiger partial charge in [0.15, 0.2) is 0 Å². The summed E-state index contributed by atoms with van der Waals surface area (Å²) in [5, 5.41) is 10.5. The normalized spacial score (nSPS) is 11.2. The number of nitrogens with one attached hydrogen (secondary N) is 2. The number of aryl methyl sites for hydroxylation is 1. The molecular formula is C23H15Cl3N6OS. The average molecular weight is 530 g/mol. The molecule has 11 heteroatoms. The highest BCUT2D eigenvalue weighted by Crippen LogP contribution is 2.37. The summed E-state index contributed by atoms with van der Waals surface area (Å²) in [4.78, 5) is 25.9.